The van der Waals surface area contributed by atoms with Gasteiger partial charge in [0.1, 0.15) is 24.7 Å². The highest BCUT2D eigenvalue weighted by Crippen LogP contribution is 2.35. The zero-order valence-corrected chi connectivity index (χ0v) is 20.3. The fourth-order valence-electron chi connectivity index (χ4n) is 4.13. The van der Waals surface area contributed by atoms with Crippen LogP contribution in [0.3, 0.4) is 0 Å². The second-order valence-electron chi connectivity index (χ2n) is 8.70. The van der Waals surface area contributed by atoms with Crippen molar-refractivity contribution in [3.05, 3.63) is 143 Å². The van der Waals surface area contributed by atoms with Gasteiger partial charge in [-0.25, -0.2) is 0 Å². The molecule has 0 bridgehead atoms. The quantitative estimate of drug-likeness (QED) is 0.276. The van der Waals surface area contributed by atoms with Crippen LogP contribution in [-0.2, 0) is 22.8 Å². The van der Waals surface area contributed by atoms with Crippen molar-refractivity contribution < 1.29 is 29.3 Å². The number of rotatable bonds is 8. The molecule has 6 heteroatoms. The Morgan fingerprint density at radius 2 is 0.816 bits per heavy atom. The largest absolute Gasteiger partial charge is 0.504 e. The van der Waals surface area contributed by atoms with Crippen LogP contribution in [0.1, 0.15) is 22.3 Å². The standard InChI is InChI=1S/C32H24O6/c33-29-27(23-11-15-25(16-12-23)37-19-21-7-3-1-4-8-21)30(34)32(36)28(31(29)35)24-13-17-26(18-14-24)38-20-22-9-5-2-6-10-22/h1-18,33,36H,19-20H2. The third-order valence-electron chi connectivity index (χ3n) is 6.14. The van der Waals surface area contributed by atoms with E-state index in [4.69, 9.17) is 9.47 Å². The van der Waals surface area contributed by atoms with Gasteiger partial charge in [-0.05, 0) is 46.5 Å². The topological polar surface area (TPSA) is 93.1 Å². The van der Waals surface area contributed by atoms with E-state index in [2.05, 4.69) is 0 Å². The Hall–Kier alpha value is -5.10. The number of ketones is 2. The number of benzene rings is 4. The Bertz CT molecular complexity index is 1400. The van der Waals surface area contributed by atoms with Gasteiger partial charge in [0.15, 0.2) is 11.5 Å². The van der Waals surface area contributed by atoms with Crippen LogP contribution >= 0.6 is 0 Å². The monoisotopic (exact) mass is 504 g/mol. The Labute approximate surface area is 219 Å². The lowest BCUT2D eigenvalue weighted by atomic mass is 9.86. The van der Waals surface area contributed by atoms with Crippen molar-refractivity contribution in [1.29, 1.82) is 0 Å². The highest BCUT2D eigenvalue weighted by Gasteiger charge is 2.36. The van der Waals surface area contributed by atoms with Crippen molar-refractivity contribution in [1.82, 2.24) is 0 Å². The second kappa shape index (κ2) is 10.9. The van der Waals surface area contributed by atoms with E-state index in [-0.39, 0.29) is 11.1 Å². The summed E-state index contributed by atoms with van der Waals surface area (Å²) in [7, 11) is 0. The van der Waals surface area contributed by atoms with Gasteiger partial charge in [-0.3, -0.25) is 9.59 Å². The number of aliphatic hydroxyl groups excluding tert-OH is 2. The van der Waals surface area contributed by atoms with Crippen LogP contribution in [0.5, 0.6) is 11.5 Å². The van der Waals surface area contributed by atoms with Crippen molar-refractivity contribution in [3.8, 4) is 11.5 Å². The molecule has 0 saturated heterocycles. The van der Waals surface area contributed by atoms with Crippen molar-refractivity contribution in [2.75, 3.05) is 0 Å². The average Bonchev–Trinajstić information content (AvgIpc) is 2.96. The van der Waals surface area contributed by atoms with E-state index >= 15 is 0 Å². The fourth-order valence-corrected chi connectivity index (χ4v) is 4.13. The van der Waals surface area contributed by atoms with Gasteiger partial charge < -0.3 is 19.7 Å². The molecule has 0 heterocycles. The van der Waals surface area contributed by atoms with E-state index in [0.29, 0.717) is 35.8 Å². The van der Waals surface area contributed by atoms with Crippen LogP contribution in [0.4, 0.5) is 0 Å². The van der Waals surface area contributed by atoms with Crippen LogP contribution in [0, 0.1) is 0 Å². The summed E-state index contributed by atoms with van der Waals surface area (Å²) in [6, 6.07) is 32.1. The van der Waals surface area contributed by atoms with Gasteiger partial charge in [-0.15, -0.1) is 0 Å². The lowest BCUT2D eigenvalue weighted by Crippen LogP contribution is -2.22. The number of hydrogen-bond donors (Lipinski definition) is 2. The maximum Gasteiger partial charge on any atom is 0.232 e. The van der Waals surface area contributed by atoms with Gasteiger partial charge in [0.2, 0.25) is 11.6 Å². The Kier molecular flexibility index (Phi) is 7.04. The number of aliphatic hydroxyl groups is 2. The van der Waals surface area contributed by atoms with Crippen molar-refractivity contribution >= 4 is 22.7 Å². The predicted molar refractivity (Wildman–Crippen MR) is 144 cm³/mol. The zero-order valence-electron chi connectivity index (χ0n) is 20.3. The molecule has 0 unspecified atom stereocenters. The highest BCUT2D eigenvalue weighted by molar-refractivity contribution is 6.46. The molecule has 6 nitrogen and oxygen atoms in total. The van der Waals surface area contributed by atoms with Crippen LogP contribution in [0.25, 0.3) is 11.1 Å². The molecule has 4 aromatic rings. The van der Waals surface area contributed by atoms with Gasteiger partial charge in [0, 0.05) is 0 Å². The Balaban J connectivity index is 1.31. The minimum absolute atomic E-state index is 0.256. The van der Waals surface area contributed by atoms with E-state index in [1.807, 2.05) is 60.7 Å². The summed E-state index contributed by atoms with van der Waals surface area (Å²) >= 11 is 0. The van der Waals surface area contributed by atoms with E-state index in [1.54, 1.807) is 48.5 Å². The molecule has 0 fully saturated rings. The molecular weight excluding hydrogens is 480 g/mol. The first-order valence-electron chi connectivity index (χ1n) is 12.0. The molecule has 0 aromatic heterocycles. The molecule has 5 rings (SSSR count). The molecule has 0 atom stereocenters. The molecule has 2 N–H and O–H groups in total. The molecule has 0 saturated carbocycles. The molecule has 0 spiro atoms. The Morgan fingerprint density at radius 1 is 0.474 bits per heavy atom. The third kappa shape index (κ3) is 5.20. The van der Waals surface area contributed by atoms with Gasteiger partial charge >= 0.3 is 0 Å². The molecule has 0 amide bonds. The summed E-state index contributed by atoms with van der Waals surface area (Å²) in [5.41, 5.74) is 2.08. The van der Waals surface area contributed by atoms with Gasteiger partial charge in [0.05, 0.1) is 11.1 Å². The highest BCUT2D eigenvalue weighted by atomic mass is 16.5. The summed E-state index contributed by atoms with van der Waals surface area (Å²) in [5.74, 6) is -1.99. The first-order valence-corrected chi connectivity index (χ1v) is 12.0. The lowest BCUT2D eigenvalue weighted by Gasteiger charge is -2.19. The number of carbonyl (C=O) groups excluding carboxylic acids is 2. The van der Waals surface area contributed by atoms with Crippen molar-refractivity contribution in [2.45, 2.75) is 13.2 Å². The first kappa shape index (κ1) is 24.6. The number of allylic oxidation sites excluding steroid dienone is 2. The maximum absolute atomic E-state index is 13.1. The molecule has 188 valence electrons. The molecule has 1 aliphatic rings. The first-order chi connectivity index (χ1) is 18.5. The lowest BCUT2D eigenvalue weighted by molar-refractivity contribution is -0.116. The molecule has 0 radical (unpaired) electrons. The number of hydrogen-bond acceptors (Lipinski definition) is 6. The third-order valence-corrected chi connectivity index (χ3v) is 6.14. The Morgan fingerprint density at radius 3 is 1.16 bits per heavy atom. The van der Waals surface area contributed by atoms with E-state index in [9.17, 15) is 19.8 Å². The van der Waals surface area contributed by atoms with Crippen LogP contribution in [-0.4, -0.2) is 21.8 Å². The molecule has 38 heavy (non-hydrogen) atoms. The normalized spacial score (nSPS) is 13.6. The molecular formula is C32H24O6. The van der Waals surface area contributed by atoms with Crippen LogP contribution in [0.15, 0.2) is 121 Å². The smallest absolute Gasteiger partial charge is 0.232 e. The minimum atomic E-state index is -0.834. The van der Waals surface area contributed by atoms with E-state index in [1.165, 1.54) is 0 Å². The summed E-state index contributed by atoms with van der Waals surface area (Å²) in [6.07, 6.45) is 0. The maximum atomic E-state index is 13.1. The zero-order chi connectivity index (χ0) is 26.5. The van der Waals surface area contributed by atoms with Crippen LogP contribution in [0.2, 0.25) is 0 Å². The second-order valence-corrected chi connectivity index (χ2v) is 8.70. The summed E-state index contributed by atoms with van der Waals surface area (Å²) < 4.78 is 11.5. The molecule has 1 aliphatic carbocycles. The number of carbonyl (C=O) groups is 2. The summed E-state index contributed by atoms with van der Waals surface area (Å²) in [4.78, 5) is 26.1. The van der Waals surface area contributed by atoms with E-state index in [0.717, 1.165) is 11.1 Å². The molecule has 0 aliphatic heterocycles. The molecule has 4 aromatic carbocycles. The van der Waals surface area contributed by atoms with Gasteiger partial charge in [-0.2, -0.15) is 0 Å². The van der Waals surface area contributed by atoms with Crippen molar-refractivity contribution in [2.24, 2.45) is 0 Å². The fraction of sp³-hybridized carbons (Fsp3) is 0.0625. The SMILES string of the molecule is O=C1C(O)=C(c2ccc(OCc3ccccc3)cc2)C(=O)C(O)=C1c1ccc(OCc2ccccc2)cc1. The van der Waals surface area contributed by atoms with Crippen LogP contribution < -0.4 is 9.47 Å². The van der Waals surface area contributed by atoms with Crippen molar-refractivity contribution in [3.63, 3.8) is 0 Å². The number of ether oxygens (including phenoxy) is 2. The van der Waals surface area contributed by atoms with Gasteiger partial charge in [-0.1, -0.05) is 84.9 Å². The minimum Gasteiger partial charge on any atom is -0.504 e. The summed E-state index contributed by atoms with van der Waals surface area (Å²) in [6.45, 7) is 0.739. The summed E-state index contributed by atoms with van der Waals surface area (Å²) in [5, 5.41) is 21.4. The van der Waals surface area contributed by atoms with E-state index < -0.39 is 23.1 Å². The number of Topliss-reactive ketones (excluding diaryl/α,β-unsaturated/α-hetero) is 2. The average molecular weight is 505 g/mol. The predicted octanol–water partition coefficient (Wildman–Crippen LogP) is 6.23. The van der Waals surface area contributed by atoms with Gasteiger partial charge in [0.25, 0.3) is 0 Å².